The summed E-state index contributed by atoms with van der Waals surface area (Å²) in [6.45, 7) is 4.62. The predicted molar refractivity (Wildman–Crippen MR) is 223 cm³/mol. The van der Waals surface area contributed by atoms with Gasteiger partial charge in [-0.05, 0) is 92.5 Å². The molecular formula is C44H41ClFN11O5. The molecule has 6 aliphatic rings. The number of anilines is 4. The van der Waals surface area contributed by atoms with Gasteiger partial charge in [0.05, 0.1) is 39.5 Å². The number of nitriles is 1. The fourth-order valence-electron chi connectivity index (χ4n) is 10.1. The predicted octanol–water partition coefficient (Wildman–Crippen LogP) is 4.11. The van der Waals surface area contributed by atoms with Gasteiger partial charge < -0.3 is 20.4 Å². The molecule has 0 bridgehead atoms. The molecule has 7 heterocycles. The lowest BCUT2D eigenvalue weighted by Crippen LogP contribution is -2.69. The number of hydrogen-bond acceptors (Lipinski definition) is 13. The Kier molecular flexibility index (Phi) is 9.86. The minimum Gasteiger partial charge on any atom is -0.371 e. The highest BCUT2D eigenvalue weighted by atomic mass is 35.5. The van der Waals surface area contributed by atoms with Crippen LogP contribution in [0.3, 0.4) is 0 Å². The van der Waals surface area contributed by atoms with E-state index < -0.39 is 41.5 Å². The molecule has 18 heteroatoms. The van der Waals surface area contributed by atoms with Gasteiger partial charge >= 0.3 is 0 Å². The monoisotopic (exact) mass is 857 g/mol. The molecule has 1 atom stereocenters. The van der Waals surface area contributed by atoms with Crippen LogP contribution in [0.2, 0.25) is 5.02 Å². The van der Waals surface area contributed by atoms with Crippen molar-refractivity contribution in [3.63, 3.8) is 0 Å². The van der Waals surface area contributed by atoms with Gasteiger partial charge in [-0.15, -0.1) is 0 Å². The molecule has 0 radical (unpaired) electrons. The van der Waals surface area contributed by atoms with E-state index in [-0.39, 0.29) is 46.8 Å². The number of amides is 5. The second-order valence-electron chi connectivity index (χ2n) is 17.1. The summed E-state index contributed by atoms with van der Waals surface area (Å²) in [5.41, 5.74) is 4.42. The molecule has 2 aromatic heterocycles. The van der Waals surface area contributed by atoms with Crippen molar-refractivity contribution >= 4 is 64.1 Å². The normalized spacial score (nSPS) is 21.2. The zero-order valence-corrected chi connectivity index (χ0v) is 34.3. The Labute approximate surface area is 360 Å². The van der Waals surface area contributed by atoms with Crippen LogP contribution in [0.1, 0.15) is 86.4 Å². The maximum atomic E-state index is 15.3. The van der Waals surface area contributed by atoms with E-state index in [1.54, 1.807) is 30.3 Å². The molecule has 3 N–H and O–H groups in total. The second kappa shape index (κ2) is 15.4. The van der Waals surface area contributed by atoms with Gasteiger partial charge in [-0.25, -0.2) is 15.0 Å². The van der Waals surface area contributed by atoms with Crippen LogP contribution in [0, 0.1) is 22.7 Å². The number of carbonyl (C=O) groups excluding carboxylic acids is 5. The van der Waals surface area contributed by atoms with Gasteiger partial charge in [0, 0.05) is 68.2 Å². The van der Waals surface area contributed by atoms with Crippen LogP contribution in [0.15, 0.2) is 54.9 Å². The molecule has 1 aliphatic carbocycles. The minimum absolute atomic E-state index is 0.0450. The molecular weight excluding hydrogens is 817 g/mol. The summed E-state index contributed by atoms with van der Waals surface area (Å²) in [4.78, 5) is 84.5. The average Bonchev–Trinajstić information content (AvgIpc) is 3.48. The van der Waals surface area contributed by atoms with E-state index in [0.717, 1.165) is 79.4 Å². The first kappa shape index (κ1) is 39.6. The van der Waals surface area contributed by atoms with Crippen LogP contribution < -0.4 is 25.8 Å². The smallest absolute Gasteiger partial charge is 0.262 e. The minimum atomic E-state index is -0.995. The topological polar surface area (TPSA) is 197 Å². The van der Waals surface area contributed by atoms with Crippen LogP contribution in [0.5, 0.6) is 0 Å². The molecule has 3 saturated heterocycles. The lowest BCUT2D eigenvalue weighted by atomic mass is 9.60. The van der Waals surface area contributed by atoms with Gasteiger partial charge in [-0.2, -0.15) is 9.65 Å². The van der Waals surface area contributed by atoms with Gasteiger partial charge in [0.25, 0.3) is 17.7 Å². The maximum absolute atomic E-state index is 15.3. The Balaban J connectivity index is 0.684. The molecule has 4 fully saturated rings. The third-order valence-corrected chi connectivity index (χ3v) is 13.6. The number of nitrogens with zero attached hydrogens (tertiary/aromatic N) is 8. The van der Waals surface area contributed by atoms with Crippen LogP contribution in [0.25, 0.3) is 0 Å². The Morgan fingerprint density at radius 3 is 2.40 bits per heavy atom. The van der Waals surface area contributed by atoms with Crippen LogP contribution in [-0.2, 0) is 22.6 Å². The van der Waals surface area contributed by atoms with Crippen molar-refractivity contribution in [1.29, 1.82) is 5.26 Å². The highest BCUT2D eigenvalue weighted by Gasteiger charge is 2.54. The molecule has 10 rings (SSSR count). The highest BCUT2D eigenvalue weighted by Crippen LogP contribution is 2.50. The van der Waals surface area contributed by atoms with Gasteiger partial charge in [0.2, 0.25) is 17.8 Å². The standard InChI is InChI=1S/C44H41ClFN11O5/c45-33-16-28(2-1-24(33)19-47)55-14-11-30-34(20-55)48-23-49-39(30)52-36-7-5-31(38(46)51-36)40(59)50-25-17-44(18-25)21-56(22-44)26-9-12-54(13-10-26)27-3-4-29-32(15-27)43(62)57(42(29)61)35-6-8-37(58)53-41(35)60/h1-5,7,15-16,23,25-26,35H,6,8-14,17-18,20-22H2,(H,50,59)(H,53,58,60)(H,48,49,51,52). The van der Waals surface area contributed by atoms with E-state index in [1.165, 1.54) is 12.4 Å². The third-order valence-electron chi connectivity index (χ3n) is 13.3. The number of rotatable bonds is 8. The van der Waals surface area contributed by atoms with Gasteiger partial charge in [0.1, 0.15) is 30.1 Å². The number of hydrogen-bond donors (Lipinski definition) is 3. The second-order valence-corrected chi connectivity index (χ2v) is 17.5. The van der Waals surface area contributed by atoms with Crippen LogP contribution in [0.4, 0.5) is 27.4 Å². The molecule has 316 valence electrons. The number of imide groups is 2. The number of pyridine rings is 1. The van der Waals surface area contributed by atoms with Crippen LogP contribution in [-0.4, -0.2) is 105 Å². The maximum Gasteiger partial charge on any atom is 0.262 e. The molecule has 62 heavy (non-hydrogen) atoms. The molecule has 4 aromatic rings. The third kappa shape index (κ3) is 7.06. The Morgan fingerprint density at radius 1 is 0.903 bits per heavy atom. The van der Waals surface area contributed by atoms with Crippen molar-refractivity contribution in [2.75, 3.05) is 47.8 Å². The summed E-state index contributed by atoms with van der Waals surface area (Å²) in [5.74, 6) is -2.67. The number of benzene rings is 2. The summed E-state index contributed by atoms with van der Waals surface area (Å²) in [6.07, 6.45) is 5.78. The van der Waals surface area contributed by atoms with E-state index in [4.69, 9.17) is 11.6 Å². The zero-order valence-electron chi connectivity index (χ0n) is 33.5. The van der Waals surface area contributed by atoms with Gasteiger partial charge in [-0.1, -0.05) is 11.6 Å². The number of carbonyl (C=O) groups is 5. The van der Waals surface area contributed by atoms with E-state index in [0.29, 0.717) is 42.0 Å². The summed E-state index contributed by atoms with van der Waals surface area (Å²) < 4.78 is 15.3. The summed E-state index contributed by atoms with van der Waals surface area (Å²) >= 11 is 6.27. The summed E-state index contributed by atoms with van der Waals surface area (Å²) in [6, 6.07) is 15.0. The lowest BCUT2D eigenvalue weighted by molar-refractivity contribution is -0.136. The number of halogens is 2. The molecule has 1 saturated carbocycles. The number of fused-ring (bicyclic) bond motifs is 2. The molecule has 5 amide bonds. The molecule has 16 nitrogen and oxygen atoms in total. The molecule has 1 spiro atoms. The summed E-state index contributed by atoms with van der Waals surface area (Å²) in [7, 11) is 0. The van der Waals surface area contributed by atoms with E-state index in [2.05, 4.69) is 51.7 Å². The lowest BCUT2D eigenvalue weighted by Gasteiger charge is -2.61. The SMILES string of the molecule is N#Cc1ccc(N2CCc3c(ncnc3Nc3ccc(C(=O)NC4CC5(C4)CN(C4CCN(c6ccc7c(c6)C(=O)N(C6CCC(=O)NC6=O)C7=O)CC4)C5)c(F)n3)C2)cc1Cl. The molecule has 2 aromatic carbocycles. The van der Waals surface area contributed by atoms with E-state index in [9.17, 15) is 29.2 Å². The van der Waals surface area contributed by atoms with E-state index >= 15 is 4.39 Å². The van der Waals surface area contributed by atoms with Gasteiger partial charge in [0.15, 0.2) is 0 Å². The van der Waals surface area contributed by atoms with Crippen molar-refractivity contribution in [2.45, 2.75) is 69.6 Å². The Hall–Kier alpha value is -6.51. The summed E-state index contributed by atoms with van der Waals surface area (Å²) in [5, 5.41) is 18.0. The Bertz CT molecular complexity index is 2620. The fourth-order valence-corrected chi connectivity index (χ4v) is 10.3. The number of nitrogens with one attached hydrogen (secondary N) is 3. The molecule has 5 aliphatic heterocycles. The van der Waals surface area contributed by atoms with Gasteiger partial charge in [-0.3, -0.25) is 39.1 Å². The first-order valence-corrected chi connectivity index (χ1v) is 21.2. The zero-order chi connectivity index (χ0) is 42.9. The Morgan fingerprint density at radius 2 is 1.66 bits per heavy atom. The average molecular weight is 858 g/mol. The van der Waals surface area contributed by atoms with Crippen molar-refractivity contribution in [1.82, 2.24) is 35.4 Å². The fraction of sp³-hybridized carbons (Fsp3) is 0.386. The first-order valence-electron chi connectivity index (χ1n) is 20.8. The van der Waals surface area contributed by atoms with Crippen molar-refractivity contribution < 1.29 is 28.4 Å². The quantitative estimate of drug-likeness (QED) is 0.169. The van der Waals surface area contributed by atoms with E-state index in [1.807, 2.05) is 12.1 Å². The van der Waals surface area contributed by atoms with Crippen LogP contribution >= 0.6 is 11.6 Å². The highest BCUT2D eigenvalue weighted by molar-refractivity contribution is 6.32. The van der Waals surface area contributed by atoms with Crippen molar-refractivity contribution in [2.24, 2.45) is 5.41 Å². The molecule has 1 unspecified atom stereocenters. The number of likely N-dealkylation sites (tertiary alicyclic amines) is 1. The largest absolute Gasteiger partial charge is 0.371 e. The number of aromatic nitrogens is 3. The first-order chi connectivity index (χ1) is 30.0. The van der Waals surface area contributed by atoms with Crippen molar-refractivity contribution in [3.05, 3.63) is 99.3 Å². The number of piperidine rings is 2. The van der Waals surface area contributed by atoms with Crippen molar-refractivity contribution in [3.8, 4) is 6.07 Å².